The number of aromatic nitrogens is 1. The third kappa shape index (κ3) is 3.41. The highest BCUT2D eigenvalue weighted by molar-refractivity contribution is 6.11. The van der Waals surface area contributed by atoms with E-state index in [-0.39, 0.29) is 5.91 Å². The van der Waals surface area contributed by atoms with E-state index in [0.717, 1.165) is 23.9 Å². The highest BCUT2D eigenvalue weighted by Crippen LogP contribution is 2.47. The zero-order chi connectivity index (χ0) is 20.1. The number of ether oxygens (including phenoxy) is 1. The molecule has 1 aliphatic carbocycles. The van der Waals surface area contributed by atoms with Gasteiger partial charge in [0.2, 0.25) is 0 Å². The fourth-order valence-electron chi connectivity index (χ4n) is 5.87. The van der Waals surface area contributed by atoms with E-state index in [0.29, 0.717) is 34.8 Å². The number of carbonyl (C=O) groups excluding carboxylic acids is 2. The van der Waals surface area contributed by atoms with Gasteiger partial charge in [0.25, 0.3) is 5.91 Å². The number of H-pyrrole nitrogens is 1. The molecule has 2 aromatic rings. The lowest BCUT2D eigenvalue weighted by Gasteiger charge is -2.37. The van der Waals surface area contributed by atoms with Gasteiger partial charge in [0.1, 0.15) is 5.69 Å². The molecule has 1 aromatic carbocycles. The van der Waals surface area contributed by atoms with E-state index in [2.05, 4.69) is 31.1 Å². The number of para-hydroxylation sites is 1. The summed E-state index contributed by atoms with van der Waals surface area (Å²) < 4.78 is 4.89. The molecule has 2 aliphatic rings. The van der Waals surface area contributed by atoms with Crippen LogP contribution in [0.4, 0.5) is 5.69 Å². The number of quaternary nitrogens is 1. The summed E-state index contributed by atoms with van der Waals surface area (Å²) in [6.07, 6.45) is 3.57. The van der Waals surface area contributed by atoms with Gasteiger partial charge in [-0.05, 0) is 17.9 Å². The van der Waals surface area contributed by atoms with Crippen LogP contribution in [0.2, 0.25) is 0 Å². The number of likely N-dealkylation sites (tertiary alicyclic amines) is 1. The molecule has 1 amide bonds. The fraction of sp³-hybridized carbons (Fsp3) is 0.545. The summed E-state index contributed by atoms with van der Waals surface area (Å²) in [6, 6.07) is 8.10. The minimum absolute atomic E-state index is 0.0566. The largest absolute Gasteiger partial charge is 0.464 e. The summed E-state index contributed by atoms with van der Waals surface area (Å²) in [6.45, 7) is 8.51. The van der Waals surface area contributed by atoms with Crippen molar-refractivity contribution in [1.82, 2.24) is 4.98 Å². The minimum Gasteiger partial charge on any atom is -0.464 e. The number of esters is 1. The van der Waals surface area contributed by atoms with Crippen LogP contribution in [0.1, 0.15) is 50.5 Å². The number of benzene rings is 1. The fourth-order valence-corrected chi connectivity index (χ4v) is 5.87. The average Bonchev–Trinajstić information content (AvgIpc) is 3.08. The van der Waals surface area contributed by atoms with Crippen molar-refractivity contribution >= 4 is 28.5 Å². The van der Waals surface area contributed by atoms with E-state index in [1.54, 1.807) is 0 Å². The maximum atomic E-state index is 12.9. The smallest absolute Gasteiger partial charge is 0.356 e. The second-order valence-electron chi connectivity index (χ2n) is 9.73. The Morgan fingerprint density at radius 1 is 1.25 bits per heavy atom. The summed E-state index contributed by atoms with van der Waals surface area (Å²) in [5.41, 5.74) is 2.27. The van der Waals surface area contributed by atoms with Gasteiger partial charge in [0, 0.05) is 29.2 Å². The Labute approximate surface area is 165 Å². The lowest BCUT2D eigenvalue weighted by molar-refractivity contribution is -0.906. The molecule has 6 heteroatoms. The second kappa shape index (κ2) is 6.62. The first kappa shape index (κ1) is 19.0. The summed E-state index contributed by atoms with van der Waals surface area (Å²) >= 11 is 0. The number of carbonyl (C=O) groups is 2. The van der Waals surface area contributed by atoms with Crippen LogP contribution in [0.15, 0.2) is 24.3 Å². The zero-order valence-electron chi connectivity index (χ0n) is 17.1. The van der Waals surface area contributed by atoms with Gasteiger partial charge >= 0.3 is 5.97 Å². The highest BCUT2D eigenvalue weighted by atomic mass is 16.5. The Morgan fingerprint density at radius 3 is 2.75 bits per heavy atom. The van der Waals surface area contributed by atoms with Crippen molar-refractivity contribution in [2.24, 2.45) is 10.8 Å². The Hall–Kier alpha value is -2.34. The zero-order valence-corrected chi connectivity index (χ0v) is 17.1. The van der Waals surface area contributed by atoms with Crippen LogP contribution in [0.3, 0.4) is 0 Å². The van der Waals surface area contributed by atoms with Gasteiger partial charge in [-0.15, -0.1) is 0 Å². The maximum absolute atomic E-state index is 12.9. The summed E-state index contributed by atoms with van der Waals surface area (Å²) in [5.74, 6) is -0.538. The van der Waals surface area contributed by atoms with Gasteiger partial charge < -0.3 is 19.9 Å². The molecule has 1 saturated carbocycles. The van der Waals surface area contributed by atoms with E-state index in [1.165, 1.54) is 24.9 Å². The SMILES string of the molecule is COC(=O)c1[nH]c2ccccc2c1NC(=O)C[NH+]1C[C@@]2(C)C[C@@H]1CC(C)(C)C2. The Kier molecular flexibility index (Phi) is 4.49. The molecule has 1 aliphatic heterocycles. The molecule has 1 saturated heterocycles. The maximum Gasteiger partial charge on any atom is 0.356 e. The molecular weight excluding hydrogens is 354 g/mol. The standard InChI is InChI=1S/C22H29N3O3/c1-21(2)9-14-10-22(3,12-21)13-25(14)11-17(26)24-18-15-7-5-6-8-16(15)23-19(18)20(27)28-4/h5-8,14,23H,9-13H2,1-4H3,(H,24,26)/p+1/t14-,22-/m0/s1. The third-order valence-electron chi connectivity index (χ3n) is 6.42. The van der Waals surface area contributed by atoms with E-state index in [9.17, 15) is 9.59 Å². The molecule has 3 atom stereocenters. The van der Waals surface area contributed by atoms with Gasteiger partial charge in [-0.1, -0.05) is 39.0 Å². The molecular formula is C22H30N3O3+. The molecule has 1 unspecified atom stereocenters. The highest BCUT2D eigenvalue weighted by Gasteiger charge is 2.53. The number of anilines is 1. The number of aromatic amines is 1. The molecule has 6 nitrogen and oxygen atoms in total. The Bertz CT molecular complexity index is 932. The summed E-state index contributed by atoms with van der Waals surface area (Å²) in [4.78, 5) is 29.6. The predicted molar refractivity (Wildman–Crippen MR) is 108 cm³/mol. The van der Waals surface area contributed by atoms with Crippen molar-refractivity contribution in [3.05, 3.63) is 30.0 Å². The van der Waals surface area contributed by atoms with Crippen LogP contribution in [0.5, 0.6) is 0 Å². The van der Waals surface area contributed by atoms with Gasteiger partial charge in [-0.25, -0.2) is 4.79 Å². The number of amides is 1. The van der Waals surface area contributed by atoms with Gasteiger partial charge in [-0.3, -0.25) is 4.79 Å². The first-order chi connectivity index (χ1) is 13.2. The molecule has 150 valence electrons. The van der Waals surface area contributed by atoms with Crippen LogP contribution in [0.25, 0.3) is 10.9 Å². The van der Waals surface area contributed by atoms with Crippen LogP contribution >= 0.6 is 0 Å². The first-order valence-electron chi connectivity index (χ1n) is 10.0. The van der Waals surface area contributed by atoms with Crippen molar-refractivity contribution in [3.8, 4) is 0 Å². The predicted octanol–water partition coefficient (Wildman–Crippen LogP) is 2.38. The Balaban J connectivity index is 1.54. The third-order valence-corrected chi connectivity index (χ3v) is 6.42. The van der Waals surface area contributed by atoms with Crippen molar-refractivity contribution in [2.45, 2.75) is 46.1 Å². The van der Waals surface area contributed by atoms with E-state index >= 15 is 0 Å². The Morgan fingerprint density at radius 2 is 2.00 bits per heavy atom. The van der Waals surface area contributed by atoms with Gasteiger partial charge in [0.15, 0.2) is 6.54 Å². The molecule has 2 heterocycles. The summed E-state index contributed by atoms with van der Waals surface area (Å²) in [7, 11) is 1.34. The number of fused-ring (bicyclic) bond motifs is 3. The lowest BCUT2D eigenvalue weighted by atomic mass is 9.65. The number of nitrogens with one attached hydrogen (secondary N) is 3. The van der Waals surface area contributed by atoms with Crippen LogP contribution in [-0.4, -0.2) is 43.1 Å². The van der Waals surface area contributed by atoms with E-state index in [4.69, 9.17) is 4.74 Å². The first-order valence-corrected chi connectivity index (χ1v) is 10.0. The van der Waals surface area contributed by atoms with Crippen LogP contribution in [-0.2, 0) is 9.53 Å². The molecule has 4 rings (SSSR count). The molecule has 2 fully saturated rings. The van der Waals surface area contributed by atoms with Crippen molar-refractivity contribution < 1.29 is 19.2 Å². The van der Waals surface area contributed by atoms with Crippen LogP contribution in [0, 0.1) is 10.8 Å². The van der Waals surface area contributed by atoms with Gasteiger partial charge in [0.05, 0.1) is 25.4 Å². The second-order valence-corrected chi connectivity index (χ2v) is 9.73. The van der Waals surface area contributed by atoms with E-state index < -0.39 is 5.97 Å². The van der Waals surface area contributed by atoms with Gasteiger partial charge in [-0.2, -0.15) is 0 Å². The molecule has 2 bridgehead atoms. The molecule has 0 radical (unpaired) electrons. The normalized spacial score (nSPS) is 28.3. The van der Waals surface area contributed by atoms with E-state index in [1.807, 2.05) is 24.3 Å². The van der Waals surface area contributed by atoms with Crippen molar-refractivity contribution in [1.29, 1.82) is 0 Å². The van der Waals surface area contributed by atoms with Crippen LogP contribution < -0.4 is 10.2 Å². The number of rotatable bonds is 4. The topological polar surface area (TPSA) is 75.6 Å². The minimum atomic E-state index is -0.481. The molecule has 28 heavy (non-hydrogen) atoms. The lowest BCUT2D eigenvalue weighted by Crippen LogP contribution is -3.15. The van der Waals surface area contributed by atoms with Crippen molar-refractivity contribution in [2.75, 3.05) is 25.5 Å². The summed E-state index contributed by atoms with van der Waals surface area (Å²) in [5, 5.41) is 3.82. The quantitative estimate of drug-likeness (QED) is 0.709. The molecule has 1 aromatic heterocycles. The number of hydrogen-bond donors (Lipinski definition) is 3. The average molecular weight is 385 g/mol. The number of hydrogen-bond acceptors (Lipinski definition) is 3. The molecule has 3 N–H and O–H groups in total. The van der Waals surface area contributed by atoms with Crippen molar-refractivity contribution in [3.63, 3.8) is 0 Å². The monoisotopic (exact) mass is 384 g/mol. The molecule has 0 spiro atoms. The number of methoxy groups -OCH3 is 1.